The van der Waals surface area contributed by atoms with Crippen LogP contribution in [0.4, 0.5) is 10.5 Å². The van der Waals surface area contributed by atoms with E-state index in [4.69, 9.17) is 9.84 Å². The van der Waals surface area contributed by atoms with Crippen molar-refractivity contribution in [3.63, 3.8) is 0 Å². The number of fused-ring (bicyclic) bond motifs is 1. The van der Waals surface area contributed by atoms with Crippen LogP contribution in [0.2, 0.25) is 0 Å². The van der Waals surface area contributed by atoms with Crippen LogP contribution in [0.15, 0.2) is 60.8 Å². The van der Waals surface area contributed by atoms with Gasteiger partial charge in [0.1, 0.15) is 12.6 Å². The molecule has 44 heavy (non-hydrogen) atoms. The number of anilines is 1. The number of amides is 5. The van der Waals surface area contributed by atoms with Crippen molar-refractivity contribution >= 4 is 63.0 Å². The van der Waals surface area contributed by atoms with E-state index in [1.807, 2.05) is 30.3 Å². The van der Waals surface area contributed by atoms with Gasteiger partial charge >= 0.3 is 12.1 Å². The van der Waals surface area contributed by atoms with Crippen molar-refractivity contribution in [3.8, 4) is 0 Å². The van der Waals surface area contributed by atoms with Gasteiger partial charge in [-0.3, -0.25) is 34.2 Å². The van der Waals surface area contributed by atoms with Crippen molar-refractivity contribution in [2.24, 2.45) is 0 Å². The molecule has 2 heterocycles. The Morgan fingerprint density at radius 2 is 1.77 bits per heavy atom. The van der Waals surface area contributed by atoms with Gasteiger partial charge in [0.2, 0.25) is 11.8 Å². The number of piperidine rings is 1. The lowest BCUT2D eigenvalue weighted by molar-refractivity contribution is -0.138. The molecule has 232 valence electrons. The van der Waals surface area contributed by atoms with Crippen molar-refractivity contribution in [1.82, 2.24) is 15.1 Å². The van der Waals surface area contributed by atoms with Gasteiger partial charge in [-0.15, -0.1) is 0 Å². The highest BCUT2D eigenvalue weighted by Crippen LogP contribution is 2.33. The topological polar surface area (TPSA) is 162 Å². The molecule has 2 aromatic carbocycles. The predicted octanol–water partition coefficient (Wildman–Crippen LogP) is 3.90. The molecular weight excluding hydrogens is 608 g/mol. The van der Waals surface area contributed by atoms with E-state index in [2.05, 4.69) is 17.2 Å². The molecule has 4 rings (SSSR count). The average Bonchev–Trinajstić information content (AvgIpc) is 3.25. The van der Waals surface area contributed by atoms with Gasteiger partial charge < -0.3 is 20.1 Å². The zero-order valence-corrected chi connectivity index (χ0v) is 25.4. The number of hydrogen-bond acceptors (Lipinski definition) is 9. The van der Waals surface area contributed by atoms with E-state index < -0.39 is 35.8 Å². The quantitative estimate of drug-likeness (QED) is 0.157. The Bertz CT molecular complexity index is 1450. The average molecular weight is 641 g/mol. The maximum atomic E-state index is 13.2. The number of aliphatic carboxylic acids is 1. The maximum absolute atomic E-state index is 13.2. The molecule has 12 nitrogen and oxygen atoms in total. The summed E-state index contributed by atoms with van der Waals surface area (Å²) in [7, 11) is 2.84. The first-order valence-electron chi connectivity index (χ1n) is 13.9. The first-order chi connectivity index (χ1) is 21.2. The molecule has 1 unspecified atom stereocenters. The number of nitrogens with zero attached hydrogens (tertiary/aromatic N) is 2. The summed E-state index contributed by atoms with van der Waals surface area (Å²) in [4.78, 5) is 77.3. The Morgan fingerprint density at radius 3 is 2.50 bits per heavy atom. The largest absolute Gasteiger partial charge is 0.481 e. The van der Waals surface area contributed by atoms with Gasteiger partial charge in [-0.2, -0.15) is 0 Å². The highest BCUT2D eigenvalue weighted by atomic mass is 33.1. The predicted molar refractivity (Wildman–Crippen MR) is 166 cm³/mol. The van der Waals surface area contributed by atoms with Crippen LogP contribution in [0.25, 0.3) is 0 Å². The van der Waals surface area contributed by atoms with Crippen molar-refractivity contribution in [2.45, 2.75) is 38.3 Å². The van der Waals surface area contributed by atoms with E-state index in [1.54, 1.807) is 4.90 Å². The van der Waals surface area contributed by atoms with Crippen LogP contribution in [0.1, 0.15) is 52.0 Å². The number of carboxylic acids is 1. The molecule has 0 spiro atoms. The van der Waals surface area contributed by atoms with E-state index in [9.17, 15) is 28.8 Å². The molecular formula is C30H32N4O8S2. The third kappa shape index (κ3) is 8.41. The molecule has 14 heteroatoms. The lowest BCUT2D eigenvalue weighted by atomic mass is 10.0. The number of allylic oxidation sites excluding steroid dienone is 1. The lowest BCUT2D eigenvalue weighted by Gasteiger charge is -2.29. The van der Waals surface area contributed by atoms with Gasteiger partial charge in [-0.1, -0.05) is 64.6 Å². The van der Waals surface area contributed by atoms with E-state index in [-0.39, 0.29) is 55.1 Å². The maximum Gasteiger partial charge on any atom is 0.411 e. The number of hydrogen-bond donors (Lipinski definition) is 3. The first kappa shape index (κ1) is 32.6. The SMILES string of the molecule is C=C1CCC(N2C(=O)c3cccc(NC(=O)OCCSSCCC(=O)N(CCC(=O)O)Cc4ccccc4)c3C2=O)C(=O)N1. The summed E-state index contributed by atoms with van der Waals surface area (Å²) in [6.45, 7) is 4.23. The van der Waals surface area contributed by atoms with Crippen LogP contribution in [-0.4, -0.2) is 81.3 Å². The number of nitrogens with one attached hydrogen (secondary N) is 2. The third-order valence-electron chi connectivity index (χ3n) is 6.86. The van der Waals surface area contributed by atoms with Crippen molar-refractivity contribution < 1.29 is 38.6 Å². The number of ether oxygens (including phenoxy) is 1. The highest BCUT2D eigenvalue weighted by Gasteiger charge is 2.45. The third-order valence-corrected chi connectivity index (χ3v) is 9.23. The van der Waals surface area contributed by atoms with Gasteiger partial charge in [0, 0.05) is 36.7 Å². The number of benzene rings is 2. The molecule has 1 atom stereocenters. The number of rotatable bonds is 14. The molecule has 0 aliphatic carbocycles. The number of carbonyl (C=O) groups excluding carboxylic acids is 5. The summed E-state index contributed by atoms with van der Waals surface area (Å²) >= 11 is 0. The number of carbonyl (C=O) groups is 6. The second-order valence-electron chi connectivity index (χ2n) is 9.96. The van der Waals surface area contributed by atoms with Crippen molar-refractivity contribution in [1.29, 1.82) is 0 Å². The molecule has 0 aromatic heterocycles. The Balaban J connectivity index is 1.19. The minimum absolute atomic E-state index is 0.00547. The summed E-state index contributed by atoms with van der Waals surface area (Å²) in [5, 5.41) is 14.1. The normalized spacial score (nSPS) is 15.9. The van der Waals surface area contributed by atoms with Crippen molar-refractivity contribution in [2.75, 3.05) is 30.0 Å². The first-order valence-corrected chi connectivity index (χ1v) is 16.4. The molecule has 0 bridgehead atoms. The van der Waals surface area contributed by atoms with Crippen LogP contribution < -0.4 is 10.6 Å². The van der Waals surface area contributed by atoms with Crippen LogP contribution >= 0.6 is 21.6 Å². The summed E-state index contributed by atoms with van der Waals surface area (Å²) < 4.78 is 5.23. The summed E-state index contributed by atoms with van der Waals surface area (Å²) in [5.41, 5.74) is 1.65. The molecule has 2 aromatic rings. The molecule has 5 amide bonds. The zero-order chi connectivity index (χ0) is 31.6. The molecule has 1 saturated heterocycles. The zero-order valence-electron chi connectivity index (χ0n) is 23.8. The number of imide groups is 1. The van der Waals surface area contributed by atoms with Crippen LogP contribution in [0.3, 0.4) is 0 Å². The standard InChI is InChI=1S/C30H32N4O8S2/c1-19-10-11-23(27(38)31-19)34-28(39)21-8-5-9-22(26(21)29(34)40)32-30(41)42-15-17-44-43-16-13-24(35)33(14-12-25(36)37)18-20-6-3-2-4-7-20/h2-9,23H,1,10-18H2,(H,31,38)(H,32,41)(H,36,37). The van der Waals surface area contributed by atoms with Crippen LogP contribution in [0.5, 0.6) is 0 Å². The molecule has 1 fully saturated rings. The number of carboxylic acid groups (broad SMARTS) is 1. The fourth-order valence-electron chi connectivity index (χ4n) is 4.74. The van der Waals surface area contributed by atoms with E-state index in [1.165, 1.54) is 39.8 Å². The molecule has 2 aliphatic heterocycles. The Hall–Kier alpha value is -4.30. The highest BCUT2D eigenvalue weighted by molar-refractivity contribution is 8.76. The minimum atomic E-state index is -0.969. The Kier molecular flexibility index (Phi) is 11.4. The van der Waals surface area contributed by atoms with Crippen LogP contribution in [-0.2, 0) is 25.7 Å². The smallest absolute Gasteiger partial charge is 0.411 e. The van der Waals surface area contributed by atoms with Gasteiger partial charge in [0.15, 0.2) is 0 Å². The fourth-order valence-corrected chi connectivity index (χ4v) is 6.55. The lowest BCUT2D eigenvalue weighted by Crippen LogP contribution is -2.51. The van der Waals surface area contributed by atoms with Gasteiger partial charge in [-0.05, 0) is 30.5 Å². The summed E-state index contributed by atoms with van der Waals surface area (Å²) in [6, 6.07) is 12.9. The van der Waals surface area contributed by atoms with Gasteiger partial charge in [0.05, 0.1) is 23.2 Å². The summed E-state index contributed by atoms with van der Waals surface area (Å²) in [6.07, 6.45) is -0.0114. The minimum Gasteiger partial charge on any atom is -0.481 e. The van der Waals surface area contributed by atoms with E-state index in [0.717, 1.165) is 10.5 Å². The van der Waals surface area contributed by atoms with Gasteiger partial charge in [-0.25, -0.2) is 4.79 Å². The molecule has 2 aliphatic rings. The summed E-state index contributed by atoms with van der Waals surface area (Å²) in [5.74, 6) is -1.94. The van der Waals surface area contributed by atoms with Gasteiger partial charge in [0.25, 0.3) is 11.8 Å². The van der Waals surface area contributed by atoms with E-state index in [0.29, 0.717) is 30.2 Å². The van der Waals surface area contributed by atoms with Crippen molar-refractivity contribution in [3.05, 3.63) is 77.5 Å². The molecule has 3 N–H and O–H groups in total. The van der Waals surface area contributed by atoms with E-state index >= 15 is 0 Å². The second-order valence-corrected chi connectivity index (χ2v) is 12.7. The van der Waals surface area contributed by atoms with Crippen LogP contribution in [0, 0.1) is 0 Å². The Morgan fingerprint density at radius 1 is 1.02 bits per heavy atom. The molecule has 0 radical (unpaired) electrons. The Labute approximate surface area is 261 Å². The molecule has 0 saturated carbocycles. The second kappa shape index (κ2) is 15.4. The monoisotopic (exact) mass is 640 g/mol. The fraction of sp³-hybridized carbons (Fsp3) is 0.333.